The number of rotatable bonds is 8. The lowest BCUT2D eigenvalue weighted by Crippen LogP contribution is -2.37. The largest absolute Gasteiger partial charge is 0.464 e. The molecule has 10 heteroatoms. The summed E-state index contributed by atoms with van der Waals surface area (Å²) in [6, 6.07) is -0.613. The first-order valence-corrected chi connectivity index (χ1v) is 7.60. The van der Waals surface area contributed by atoms with E-state index in [2.05, 4.69) is 15.0 Å². The topological polar surface area (TPSA) is 151 Å². The normalized spacial score (nSPS) is 12.7. The smallest absolute Gasteiger partial charge is 0.323 e. The highest BCUT2D eigenvalue weighted by Gasteiger charge is 2.18. The van der Waals surface area contributed by atoms with Gasteiger partial charge in [0.05, 0.1) is 19.5 Å². The van der Waals surface area contributed by atoms with E-state index in [1.807, 2.05) is 13.8 Å². The van der Waals surface area contributed by atoms with Crippen LogP contribution in [0.2, 0.25) is 0 Å². The van der Waals surface area contributed by atoms with Crippen molar-refractivity contribution >= 4 is 23.1 Å². The fourth-order valence-electron chi connectivity index (χ4n) is 1.93. The summed E-state index contributed by atoms with van der Waals surface area (Å²) in [6.07, 6.45) is 1.98. The Balaban J connectivity index is 1.76. The van der Waals surface area contributed by atoms with Crippen molar-refractivity contribution < 1.29 is 14.3 Å². The van der Waals surface area contributed by atoms with Gasteiger partial charge in [0.25, 0.3) is 5.56 Å². The van der Waals surface area contributed by atoms with Gasteiger partial charge in [-0.1, -0.05) is 13.8 Å². The minimum Gasteiger partial charge on any atom is -0.464 e. The fraction of sp³-hybridized carbons (Fsp3) is 0.571. The molecule has 0 amide bonds. The summed E-state index contributed by atoms with van der Waals surface area (Å²) in [5.41, 5.74) is 11.3. The second-order valence-corrected chi connectivity index (χ2v) is 5.67. The number of carbonyl (C=O) groups excluding carboxylic acids is 1. The maximum atomic E-state index is 11.6. The number of ether oxygens (including phenoxy) is 2. The van der Waals surface area contributed by atoms with Crippen molar-refractivity contribution in [1.29, 1.82) is 0 Å². The van der Waals surface area contributed by atoms with Gasteiger partial charge in [-0.2, -0.15) is 4.98 Å². The molecule has 2 aromatic rings. The molecule has 0 aliphatic rings. The SMILES string of the molecule is CC(C)C(N)C(=O)OCCCOCn1cnc2c(=O)[nH]c(N)nc21. The number of anilines is 1. The number of aromatic nitrogens is 4. The van der Waals surface area contributed by atoms with Crippen LogP contribution in [0.1, 0.15) is 20.3 Å². The number of esters is 1. The Morgan fingerprint density at radius 3 is 2.88 bits per heavy atom. The van der Waals surface area contributed by atoms with Crippen LogP contribution in [0.15, 0.2) is 11.1 Å². The van der Waals surface area contributed by atoms with Crippen LogP contribution < -0.4 is 17.0 Å². The fourth-order valence-corrected chi connectivity index (χ4v) is 1.93. The number of nitrogens with zero attached hydrogens (tertiary/aromatic N) is 3. The van der Waals surface area contributed by atoms with Gasteiger partial charge in [0.1, 0.15) is 12.8 Å². The molecule has 10 nitrogen and oxygen atoms in total. The predicted molar refractivity (Wildman–Crippen MR) is 86.9 cm³/mol. The molecular formula is C14H22N6O4. The van der Waals surface area contributed by atoms with E-state index in [4.69, 9.17) is 20.9 Å². The zero-order chi connectivity index (χ0) is 17.7. The second kappa shape index (κ2) is 7.88. The molecule has 1 unspecified atom stereocenters. The maximum Gasteiger partial charge on any atom is 0.323 e. The molecule has 0 aliphatic heterocycles. The molecule has 0 spiro atoms. The van der Waals surface area contributed by atoms with Crippen LogP contribution in [0.3, 0.4) is 0 Å². The molecule has 0 saturated heterocycles. The number of nitrogens with one attached hydrogen (secondary N) is 1. The van der Waals surface area contributed by atoms with Gasteiger partial charge >= 0.3 is 5.97 Å². The minimum atomic E-state index is -0.613. The van der Waals surface area contributed by atoms with Crippen LogP contribution >= 0.6 is 0 Å². The van der Waals surface area contributed by atoms with Crippen LogP contribution in [0, 0.1) is 5.92 Å². The molecule has 0 aliphatic carbocycles. The molecule has 0 bridgehead atoms. The summed E-state index contributed by atoms with van der Waals surface area (Å²) in [5.74, 6) is -0.362. The molecule has 5 N–H and O–H groups in total. The first kappa shape index (κ1) is 17.9. The first-order valence-electron chi connectivity index (χ1n) is 7.60. The van der Waals surface area contributed by atoms with E-state index in [1.165, 1.54) is 6.33 Å². The number of imidazole rings is 1. The Kier molecular flexibility index (Phi) is 5.88. The van der Waals surface area contributed by atoms with Crippen molar-refractivity contribution in [2.24, 2.45) is 11.7 Å². The zero-order valence-corrected chi connectivity index (χ0v) is 13.7. The number of carbonyl (C=O) groups is 1. The molecule has 0 aromatic carbocycles. The van der Waals surface area contributed by atoms with Crippen LogP contribution in [0.4, 0.5) is 5.95 Å². The monoisotopic (exact) mass is 338 g/mol. The third kappa shape index (κ3) is 4.30. The van der Waals surface area contributed by atoms with Crippen molar-refractivity contribution in [2.45, 2.75) is 33.0 Å². The maximum absolute atomic E-state index is 11.6. The Morgan fingerprint density at radius 2 is 2.17 bits per heavy atom. The summed E-state index contributed by atoms with van der Waals surface area (Å²) in [6.45, 7) is 4.47. The molecule has 2 aromatic heterocycles. The number of nitrogen functional groups attached to an aromatic ring is 1. The lowest BCUT2D eigenvalue weighted by molar-refractivity contribution is -0.146. The van der Waals surface area contributed by atoms with E-state index < -0.39 is 17.6 Å². The van der Waals surface area contributed by atoms with E-state index in [-0.39, 0.29) is 30.7 Å². The Labute approximate surface area is 138 Å². The molecule has 24 heavy (non-hydrogen) atoms. The molecule has 0 radical (unpaired) electrons. The summed E-state index contributed by atoms with van der Waals surface area (Å²) < 4.78 is 12.1. The summed E-state index contributed by atoms with van der Waals surface area (Å²) in [5, 5.41) is 0. The van der Waals surface area contributed by atoms with Crippen molar-refractivity contribution in [3.8, 4) is 0 Å². The number of H-pyrrole nitrogens is 1. The molecule has 132 valence electrons. The standard InChI is InChI=1S/C14H22N6O4/c1-8(2)9(15)13(22)24-5-3-4-23-7-20-6-17-10-11(20)18-14(16)19-12(10)21/h6,8-9H,3-5,7,15H2,1-2H3,(H3,16,18,19,21). The van der Waals surface area contributed by atoms with Gasteiger partial charge in [0.2, 0.25) is 5.95 Å². The van der Waals surface area contributed by atoms with Crippen molar-refractivity contribution in [2.75, 3.05) is 18.9 Å². The number of hydrogen-bond acceptors (Lipinski definition) is 8. The Hall–Kier alpha value is -2.46. The average Bonchev–Trinajstić information content (AvgIpc) is 2.92. The van der Waals surface area contributed by atoms with Crippen molar-refractivity contribution in [3.05, 3.63) is 16.7 Å². The number of aromatic amines is 1. The van der Waals surface area contributed by atoms with Crippen molar-refractivity contribution in [1.82, 2.24) is 19.5 Å². The van der Waals surface area contributed by atoms with Gasteiger partial charge in [-0.3, -0.25) is 19.1 Å². The third-order valence-corrected chi connectivity index (χ3v) is 3.39. The van der Waals surface area contributed by atoms with E-state index in [0.717, 1.165) is 0 Å². The van der Waals surface area contributed by atoms with Gasteiger partial charge in [0.15, 0.2) is 11.2 Å². The van der Waals surface area contributed by atoms with Gasteiger partial charge in [0, 0.05) is 6.42 Å². The highest BCUT2D eigenvalue weighted by atomic mass is 16.5. The van der Waals surface area contributed by atoms with E-state index in [0.29, 0.717) is 18.7 Å². The number of hydrogen-bond donors (Lipinski definition) is 3. The highest BCUT2D eigenvalue weighted by Crippen LogP contribution is 2.06. The number of fused-ring (bicyclic) bond motifs is 1. The predicted octanol–water partition coefficient (Wildman–Crippen LogP) is -0.407. The average molecular weight is 338 g/mol. The van der Waals surface area contributed by atoms with Crippen LogP contribution in [-0.2, 0) is 21.0 Å². The molecule has 2 rings (SSSR count). The highest BCUT2D eigenvalue weighted by molar-refractivity contribution is 5.75. The summed E-state index contributed by atoms with van der Waals surface area (Å²) >= 11 is 0. The molecule has 1 atom stereocenters. The second-order valence-electron chi connectivity index (χ2n) is 5.67. The van der Waals surface area contributed by atoms with Gasteiger partial charge < -0.3 is 20.9 Å². The van der Waals surface area contributed by atoms with Crippen LogP contribution in [0.25, 0.3) is 11.2 Å². The molecule has 0 fully saturated rings. The molecule has 0 saturated carbocycles. The van der Waals surface area contributed by atoms with E-state index in [9.17, 15) is 9.59 Å². The Morgan fingerprint density at radius 1 is 1.42 bits per heavy atom. The van der Waals surface area contributed by atoms with E-state index in [1.54, 1.807) is 4.57 Å². The van der Waals surface area contributed by atoms with Crippen molar-refractivity contribution in [3.63, 3.8) is 0 Å². The number of nitrogens with two attached hydrogens (primary N) is 2. The van der Waals surface area contributed by atoms with Gasteiger partial charge in [-0.25, -0.2) is 4.98 Å². The molecular weight excluding hydrogens is 316 g/mol. The van der Waals surface area contributed by atoms with Crippen LogP contribution in [-0.4, -0.2) is 44.7 Å². The summed E-state index contributed by atoms with van der Waals surface area (Å²) in [7, 11) is 0. The third-order valence-electron chi connectivity index (χ3n) is 3.39. The van der Waals surface area contributed by atoms with Gasteiger partial charge in [-0.15, -0.1) is 0 Å². The Bertz CT molecular complexity index is 753. The van der Waals surface area contributed by atoms with E-state index >= 15 is 0 Å². The first-order chi connectivity index (χ1) is 11.4. The lowest BCUT2D eigenvalue weighted by Gasteiger charge is -2.14. The van der Waals surface area contributed by atoms with Gasteiger partial charge in [-0.05, 0) is 5.92 Å². The molecule has 2 heterocycles. The summed E-state index contributed by atoms with van der Waals surface area (Å²) in [4.78, 5) is 33.6. The quantitative estimate of drug-likeness (QED) is 0.434. The zero-order valence-electron chi connectivity index (χ0n) is 13.7. The van der Waals surface area contributed by atoms with Crippen LogP contribution in [0.5, 0.6) is 0 Å². The minimum absolute atomic E-state index is 0.0163. The lowest BCUT2D eigenvalue weighted by atomic mass is 10.1.